The van der Waals surface area contributed by atoms with Gasteiger partial charge in [0.1, 0.15) is 0 Å². The molecular formula is C15H20Cl2F3NO. The second-order valence-corrected chi connectivity index (χ2v) is 6.06. The maximum Gasteiger partial charge on any atom is 0.417 e. The van der Waals surface area contributed by atoms with Crippen molar-refractivity contribution < 1.29 is 18.3 Å². The Kier molecular flexibility index (Phi) is 6.99. The molecule has 126 valence electrons. The number of hydrogen-bond donors (Lipinski definition) is 2. The molecule has 1 saturated carbocycles. The number of nitrogens with two attached hydrogens (primary N) is 1. The second kappa shape index (κ2) is 7.86. The van der Waals surface area contributed by atoms with Crippen LogP contribution in [0, 0.1) is 5.92 Å². The number of benzene rings is 1. The van der Waals surface area contributed by atoms with E-state index in [1.807, 2.05) is 0 Å². The van der Waals surface area contributed by atoms with Gasteiger partial charge in [-0.3, -0.25) is 0 Å². The van der Waals surface area contributed by atoms with E-state index in [1.54, 1.807) is 0 Å². The highest BCUT2D eigenvalue weighted by Crippen LogP contribution is 2.37. The van der Waals surface area contributed by atoms with Gasteiger partial charge in [0.2, 0.25) is 0 Å². The Morgan fingerprint density at radius 1 is 1.18 bits per heavy atom. The average Bonchev–Trinajstić information content (AvgIpc) is 2.45. The lowest BCUT2D eigenvalue weighted by Crippen LogP contribution is -2.34. The van der Waals surface area contributed by atoms with E-state index in [0.29, 0.717) is 5.56 Å². The fraction of sp³-hybridized carbons (Fsp3) is 0.600. The molecule has 1 aromatic rings. The van der Waals surface area contributed by atoms with Crippen molar-refractivity contribution in [2.75, 3.05) is 0 Å². The molecule has 1 aromatic carbocycles. The van der Waals surface area contributed by atoms with Crippen LogP contribution in [0.5, 0.6) is 0 Å². The molecule has 1 aliphatic rings. The van der Waals surface area contributed by atoms with Gasteiger partial charge in [-0.25, -0.2) is 0 Å². The van der Waals surface area contributed by atoms with E-state index in [2.05, 4.69) is 0 Å². The van der Waals surface area contributed by atoms with E-state index in [1.165, 1.54) is 12.1 Å². The fourth-order valence-corrected chi connectivity index (χ4v) is 3.23. The lowest BCUT2D eigenvalue weighted by Gasteiger charge is -2.30. The van der Waals surface area contributed by atoms with E-state index in [-0.39, 0.29) is 23.3 Å². The number of hydrogen-bond acceptors (Lipinski definition) is 2. The summed E-state index contributed by atoms with van der Waals surface area (Å²) in [6.07, 6.45) is -0.151. The van der Waals surface area contributed by atoms with Crippen molar-refractivity contribution in [1.82, 2.24) is 0 Å². The highest BCUT2D eigenvalue weighted by Gasteiger charge is 2.34. The highest BCUT2D eigenvalue weighted by atomic mass is 35.5. The van der Waals surface area contributed by atoms with Crippen LogP contribution in [0.25, 0.3) is 0 Å². The number of alkyl halides is 3. The average molecular weight is 358 g/mol. The minimum atomic E-state index is -4.48. The minimum Gasteiger partial charge on any atom is -0.391 e. The van der Waals surface area contributed by atoms with Crippen molar-refractivity contribution in [3.63, 3.8) is 0 Å². The molecule has 0 radical (unpaired) electrons. The Hall–Kier alpha value is -0.490. The van der Waals surface area contributed by atoms with Gasteiger partial charge in [-0.05, 0) is 36.5 Å². The van der Waals surface area contributed by atoms with Gasteiger partial charge in [0.05, 0.1) is 22.7 Å². The number of halogens is 5. The predicted molar refractivity (Wildman–Crippen MR) is 83.2 cm³/mol. The first-order chi connectivity index (χ1) is 9.80. The van der Waals surface area contributed by atoms with E-state index < -0.39 is 23.9 Å². The Labute approximate surface area is 139 Å². The van der Waals surface area contributed by atoms with Gasteiger partial charge in [0.15, 0.2) is 0 Å². The Bertz CT molecular complexity index is 490. The SMILES string of the molecule is Cl.N[C@H](c1ccc(C(F)(F)F)c(Cl)c1)[C@@H](O)C1CCCCC1. The molecule has 0 unspecified atom stereocenters. The molecule has 2 rings (SSSR count). The minimum absolute atomic E-state index is 0. The van der Waals surface area contributed by atoms with Crippen molar-refractivity contribution in [2.45, 2.75) is 50.4 Å². The first-order valence-electron chi connectivity index (χ1n) is 7.11. The summed E-state index contributed by atoms with van der Waals surface area (Å²) in [5.41, 5.74) is 5.56. The summed E-state index contributed by atoms with van der Waals surface area (Å²) < 4.78 is 38.0. The van der Waals surface area contributed by atoms with Crippen LogP contribution < -0.4 is 5.73 Å². The van der Waals surface area contributed by atoms with E-state index in [0.717, 1.165) is 38.2 Å². The van der Waals surface area contributed by atoms with E-state index in [4.69, 9.17) is 17.3 Å². The Morgan fingerprint density at radius 3 is 2.27 bits per heavy atom. The first kappa shape index (κ1) is 19.6. The summed E-state index contributed by atoms with van der Waals surface area (Å²) >= 11 is 5.69. The van der Waals surface area contributed by atoms with E-state index >= 15 is 0 Å². The second-order valence-electron chi connectivity index (χ2n) is 5.65. The third-order valence-corrected chi connectivity index (χ3v) is 4.50. The van der Waals surface area contributed by atoms with Crippen molar-refractivity contribution in [1.29, 1.82) is 0 Å². The fourth-order valence-electron chi connectivity index (χ4n) is 2.93. The topological polar surface area (TPSA) is 46.2 Å². The third-order valence-electron chi connectivity index (χ3n) is 4.18. The standard InChI is InChI=1S/C15H19ClF3NO.ClH/c16-12-8-10(6-7-11(12)15(17,18)19)13(20)14(21)9-4-2-1-3-5-9;/h6-9,13-14,21H,1-5,20H2;1H/t13-,14+;/m1./s1. The summed E-state index contributed by atoms with van der Waals surface area (Å²) in [5.74, 6) is 0.106. The van der Waals surface area contributed by atoms with Crippen molar-refractivity contribution in [3.05, 3.63) is 34.3 Å². The third kappa shape index (κ3) is 4.51. The lowest BCUT2D eigenvalue weighted by atomic mass is 9.81. The van der Waals surface area contributed by atoms with Gasteiger partial charge >= 0.3 is 6.18 Å². The molecule has 0 bridgehead atoms. The molecule has 7 heteroatoms. The normalized spacial score (nSPS) is 19.4. The zero-order valence-electron chi connectivity index (χ0n) is 11.9. The van der Waals surface area contributed by atoms with Crippen LogP contribution in [-0.2, 0) is 6.18 Å². The van der Waals surface area contributed by atoms with Gasteiger partial charge in [-0.1, -0.05) is 36.9 Å². The van der Waals surface area contributed by atoms with Crippen LogP contribution in [0.4, 0.5) is 13.2 Å². The summed E-state index contributed by atoms with van der Waals surface area (Å²) in [5, 5.41) is 9.94. The van der Waals surface area contributed by atoms with Gasteiger partial charge < -0.3 is 10.8 Å². The molecule has 1 aliphatic carbocycles. The summed E-state index contributed by atoms with van der Waals surface area (Å²) in [6, 6.07) is 2.71. The molecule has 0 saturated heterocycles. The van der Waals surface area contributed by atoms with Crippen LogP contribution in [0.15, 0.2) is 18.2 Å². The Morgan fingerprint density at radius 2 is 1.77 bits per heavy atom. The number of aliphatic hydroxyl groups excluding tert-OH is 1. The Balaban J connectivity index is 0.00000242. The summed E-state index contributed by atoms with van der Waals surface area (Å²) in [7, 11) is 0. The van der Waals surface area contributed by atoms with Gasteiger partial charge in [0.25, 0.3) is 0 Å². The molecule has 3 N–H and O–H groups in total. The zero-order chi connectivity index (χ0) is 15.6. The van der Waals surface area contributed by atoms with E-state index in [9.17, 15) is 18.3 Å². The quantitative estimate of drug-likeness (QED) is 0.821. The van der Waals surface area contributed by atoms with Gasteiger partial charge in [-0.2, -0.15) is 13.2 Å². The van der Waals surface area contributed by atoms with Crippen LogP contribution >= 0.6 is 24.0 Å². The molecule has 2 atom stereocenters. The molecule has 1 fully saturated rings. The van der Waals surface area contributed by atoms with Crippen LogP contribution in [0.1, 0.15) is 49.3 Å². The first-order valence-corrected chi connectivity index (χ1v) is 7.49. The molecule has 0 aliphatic heterocycles. The molecular weight excluding hydrogens is 338 g/mol. The molecule has 0 heterocycles. The smallest absolute Gasteiger partial charge is 0.391 e. The van der Waals surface area contributed by atoms with Gasteiger partial charge in [0, 0.05) is 0 Å². The summed E-state index contributed by atoms with van der Waals surface area (Å²) in [6.45, 7) is 0. The largest absolute Gasteiger partial charge is 0.417 e. The van der Waals surface area contributed by atoms with Crippen LogP contribution in [-0.4, -0.2) is 11.2 Å². The molecule has 2 nitrogen and oxygen atoms in total. The highest BCUT2D eigenvalue weighted by molar-refractivity contribution is 6.31. The van der Waals surface area contributed by atoms with Crippen LogP contribution in [0.3, 0.4) is 0 Å². The maximum absolute atomic E-state index is 12.7. The van der Waals surface area contributed by atoms with Crippen molar-refractivity contribution >= 4 is 24.0 Å². The lowest BCUT2D eigenvalue weighted by molar-refractivity contribution is -0.137. The number of aliphatic hydroxyl groups is 1. The van der Waals surface area contributed by atoms with Crippen molar-refractivity contribution in [3.8, 4) is 0 Å². The monoisotopic (exact) mass is 357 g/mol. The van der Waals surface area contributed by atoms with Crippen LogP contribution in [0.2, 0.25) is 5.02 Å². The maximum atomic E-state index is 12.7. The molecule has 22 heavy (non-hydrogen) atoms. The molecule has 0 amide bonds. The van der Waals surface area contributed by atoms with Gasteiger partial charge in [-0.15, -0.1) is 12.4 Å². The predicted octanol–water partition coefficient (Wildman–Crippen LogP) is 4.72. The van der Waals surface area contributed by atoms with Crippen molar-refractivity contribution in [2.24, 2.45) is 11.7 Å². The molecule has 0 spiro atoms. The summed E-state index contributed by atoms with van der Waals surface area (Å²) in [4.78, 5) is 0. The zero-order valence-corrected chi connectivity index (χ0v) is 13.5. The number of rotatable bonds is 3. The molecule has 0 aromatic heterocycles.